The highest BCUT2D eigenvalue weighted by Crippen LogP contribution is 2.39. The van der Waals surface area contributed by atoms with E-state index in [1.807, 2.05) is 46.4 Å². The number of thiocarbonyl (C=S) groups is 1. The number of carboxylic acids is 1. The lowest BCUT2D eigenvalue weighted by molar-refractivity contribution is -0.138. The van der Waals surface area contributed by atoms with Gasteiger partial charge in [0.15, 0.2) is 5.11 Å². The van der Waals surface area contributed by atoms with Crippen LogP contribution in [0.25, 0.3) is 10.4 Å². The van der Waals surface area contributed by atoms with Crippen molar-refractivity contribution in [2.75, 3.05) is 32.7 Å². The third-order valence-corrected chi connectivity index (χ3v) is 6.50. The highest BCUT2D eigenvalue weighted by Gasteiger charge is 2.20. The molecule has 0 atom stereocenters. The van der Waals surface area contributed by atoms with Crippen LogP contribution in [0.5, 0.6) is 5.75 Å². The van der Waals surface area contributed by atoms with Crippen LogP contribution in [0.1, 0.15) is 12.5 Å². The van der Waals surface area contributed by atoms with E-state index in [0.717, 1.165) is 14.9 Å². The maximum Gasteiger partial charge on any atom is 0.317 e. The van der Waals surface area contributed by atoms with Gasteiger partial charge in [-0.25, -0.2) is 0 Å². The van der Waals surface area contributed by atoms with Crippen molar-refractivity contribution < 1.29 is 15.0 Å². The molecule has 0 saturated carbocycles. The standard InChI is InChI=1S/C19H21BrN4O3S2/c1-12(15-11-29-18(17(15)27)13-2-4-14(20)5-3-13)21-22-19(28)24-8-6-23(7-9-24)10-16(25)26/h2-5,11,27H,6-10H2,1H3,(H,22,28)(H,25,26)/b21-12+. The van der Waals surface area contributed by atoms with Gasteiger partial charge in [0.1, 0.15) is 5.75 Å². The summed E-state index contributed by atoms with van der Waals surface area (Å²) in [5.41, 5.74) is 5.12. The number of nitrogens with zero attached hydrogens (tertiary/aromatic N) is 3. The largest absolute Gasteiger partial charge is 0.506 e. The first kappa shape index (κ1) is 21.7. The van der Waals surface area contributed by atoms with Gasteiger partial charge < -0.3 is 15.1 Å². The van der Waals surface area contributed by atoms with Gasteiger partial charge in [0.05, 0.1) is 22.7 Å². The van der Waals surface area contributed by atoms with Crippen LogP contribution in [0.2, 0.25) is 0 Å². The Balaban J connectivity index is 1.61. The second-order valence-corrected chi connectivity index (χ2v) is 8.79. The summed E-state index contributed by atoms with van der Waals surface area (Å²) in [5.74, 6) is -0.619. The summed E-state index contributed by atoms with van der Waals surface area (Å²) < 4.78 is 0.983. The lowest BCUT2D eigenvalue weighted by atomic mass is 10.1. The van der Waals surface area contributed by atoms with E-state index in [9.17, 15) is 9.90 Å². The molecule has 0 radical (unpaired) electrons. The van der Waals surface area contributed by atoms with Crippen molar-refractivity contribution in [2.24, 2.45) is 5.10 Å². The lowest BCUT2D eigenvalue weighted by Crippen LogP contribution is -2.51. The zero-order valence-electron chi connectivity index (χ0n) is 15.8. The second-order valence-electron chi connectivity index (χ2n) is 6.61. The highest BCUT2D eigenvalue weighted by molar-refractivity contribution is 9.10. The molecule has 0 amide bonds. The number of aliphatic carboxylic acids is 1. The van der Waals surface area contributed by atoms with Gasteiger partial charge in [0.2, 0.25) is 0 Å². The fraction of sp³-hybridized carbons (Fsp3) is 0.316. The predicted molar refractivity (Wildman–Crippen MR) is 123 cm³/mol. The Morgan fingerprint density at radius 1 is 1.28 bits per heavy atom. The molecular weight excluding hydrogens is 476 g/mol. The minimum Gasteiger partial charge on any atom is -0.506 e. The van der Waals surface area contributed by atoms with Crippen LogP contribution < -0.4 is 5.43 Å². The molecule has 3 N–H and O–H groups in total. The van der Waals surface area contributed by atoms with Gasteiger partial charge in [-0.05, 0) is 36.8 Å². The van der Waals surface area contributed by atoms with Crippen LogP contribution in [0.15, 0.2) is 39.2 Å². The van der Waals surface area contributed by atoms with E-state index in [-0.39, 0.29) is 12.3 Å². The summed E-state index contributed by atoms with van der Waals surface area (Å²) in [6.07, 6.45) is 0. The molecule has 1 aromatic carbocycles. The molecule has 154 valence electrons. The van der Waals surface area contributed by atoms with Crippen molar-refractivity contribution in [2.45, 2.75) is 6.92 Å². The second kappa shape index (κ2) is 9.66. The van der Waals surface area contributed by atoms with Crippen LogP contribution in [0.3, 0.4) is 0 Å². The minimum atomic E-state index is -0.822. The van der Waals surface area contributed by atoms with Crippen LogP contribution >= 0.6 is 39.5 Å². The predicted octanol–water partition coefficient (Wildman–Crippen LogP) is 3.18. The topological polar surface area (TPSA) is 88.4 Å². The minimum absolute atomic E-state index is 0.0451. The fourth-order valence-corrected chi connectivity index (χ4v) is 4.48. The summed E-state index contributed by atoms with van der Waals surface area (Å²) in [6.45, 7) is 4.42. The number of thiophene rings is 1. The van der Waals surface area contributed by atoms with Crippen LogP contribution in [-0.2, 0) is 4.79 Å². The van der Waals surface area contributed by atoms with Crippen molar-refractivity contribution in [1.29, 1.82) is 0 Å². The maximum absolute atomic E-state index is 10.8. The number of rotatable bonds is 5. The average molecular weight is 497 g/mol. The SMILES string of the molecule is C/C(=N\NC(=S)N1CCN(CC(=O)O)CC1)c1csc(-c2ccc(Br)cc2)c1O. The number of hydrazone groups is 1. The summed E-state index contributed by atoms with van der Waals surface area (Å²) in [4.78, 5) is 15.4. The number of benzene rings is 1. The van der Waals surface area contributed by atoms with Gasteiger partial charge in [0.25, 0.3) is 0 Å². The van der Waals surface area contributed by atoms with Crippen molar-refractivity contribution >= 4 is 56.3 Å². The first-order chi connectivity index (χ1) is 13.8. The zero-order chi connectivity index (χ0) is 21.0. The Labute approximate surface area is 186 Å². The Hall–Kier alpha value is -2.01. The molecule has 3 rings (SSSR count). The van der Waals surface area contributed by atoms with E-state index in [1.54, 1.807) is 0 Å². The van der Waals surface area contributed by atoms with Crippen LogP contribution in [0, 0.1) is 0 Å². The fourth-order valence-electron chi connectivity index (χ4n) is 2.98. The van der Waals surface area contributed by atoms with Crippen molar-refractivity contribution in [3.63, 3.8) is 0 Å². The zero-order valence-corrected chi connectivity index (χ0v) is 19.0. The molecule has 2 aromatic rings. The molecule has 1 aliphatic rings. The third-order valence-electron chi connectivity index (χ3n) is 4.60. The summed E-state index contributed by atoms with van der Waals surface area (Å²) in [7, 11) is 0. The Morgan fingerprint density at radius 2 is 1.93 bits per heavy atom. The molecular formula is C19H21BrN4O3S2. The van der Waals surface area contributed by atoms with Crippen molar-refractivity contribution in [1.82, 2.24) is 15.2 Å². The number of carboxylic acid groups (broad SMARTS) is 1. The lowest BCUT2D eigenvalue weighted by Gasteiger charge is -2.34. The van der Waals surface area contributed by atoms with E-state index >= 15 is 0 Å². The molecule has 0 unspecified atom stereocenters. The number of hydrogen-bond donors (Lipinski definition) is 3. The smallest absolute Gasteiger partial charge is 0.317 e. The van der Waals surface area contributed by atoms with Crippen LogP contribution in [-0.4, -0.2) is 69.5 Å². The molecule has 10 heteroatoms. The molecule has 1 aromatic heterocycles. The highest BCUT2D eigenvalue weighted by atomic mass is 79.9. The molecule has 0 aliphatic carbocycles. The summed E-state index contributed by atoms with van der Waals surface area (Å²) >= 11 is 10.3. The van der Waals surface area contributed by atoms with Gasteiger partial charge in [-0.2, -0.15) is 5.10 Å². The van der Waals surface area contributed by atoms with Gasteiger partial charge in [-0.1, -0.05) is 28.1 Å². The third kappa shape index (κ3) is 5.53. The monoisotopic (exact) mass is 496 g/mol. The molecule has 1 aliphatic heterocycles. The van der Waals surface area contributed by atoms with Gasteiger partial charge in [0, 0.05) is 36.0 Å². The Morgan fingerprint density at radius 3 is 2.55 bits per heavy atom. The number of nitrogens with one attached hydrogen (secondary N) is 1. The molecule has 1 fully saturated rings. The van der Waals surface area contributed by atoms with E-state index in [4.69, 9.17) is 17.3 Å². The number of carbonyl (C=O) groups is 1. The van der Waals surface area contributed by atoms with Gasteiger partial charge in [-0.3, -0.25) is 15.1 Å². The first-order valence-electron chi connectivity index (χ1n) is 8.95. The molecule has 29 heavy (non-hydrogen) atoms. The van der Waals surface area contributed by atoms with E-state index in [0.29, 0.717) is 42.6 Å². The maximum atomic E-state index is 10.8. The number of halogens is 1. The number of hydrogen-bond acceptors (Lipinski definition) is 6. The normalized spacial score (nSPS) is 15.4. The first-order valence-corrected chi connectivity index (χ1v) is 11.0. The van der Waals surface area contributed by atoms with Crippen LogP contribution in [0.4, 0.5) is 0 Å². The average Bonchev–Trinajstić information content (AvgIpc) is 3.08. The van der Waals surface area contributed by atoms with Gasteiger partial charge in [-0.15, -0.1) is 11.3 Å². The van der Waals surface area contributed by atoms with Crippen molar-refractivity contribution in [3.8, 4) is 16.2 Å². The Kier molecular flexibility index (Phi) is 7.23. The van der Waals surface area contributed by atoms with Gasteiger partial charge >= 0.3 is 5.97 Å². The summed E-state index contributed by atoms with van der Waals surface area (Å²) in [6, 6.07) is 7.77. The molecule has 0 spiro atoms. The molecule has 0 bridgehead atoms. The molecule has 7 nitrogen and oxygen atoms in total. The molecule has 2 heterocycles. The summed E-state index contributed by atoms with van der Waals surface area (Å²) in [5, 5.41) is 26.2. The number of aromatic hydroxyl groups is 1. The van der Waals surface area contributed by atoms with Crippen molar-refractivity contribution in [3.05, 3.63) is 39.7 Å². The quantitative estimate of drug-likeness (QED) is 0.332. The molecule has 1 saturated heterocycles. The van der Waals surface area contributed by atoms with E-state index in [1.165, 1.54) is 11.3 Å². The Bertz CT molecular complexity index is 922. The van der Waals surface area contributed by atoms with E-state index < -0.39 is 5.97 Å². The van der Waals surface area contributed by atoms with E-state index in [2.05, 4.69) is 26.5 Å². The number of piperazine rings is 1.